The van der Waals surface area contributed by atoms with Crippen LogP contribution < -0.4 is 5.32 Å². The van der Waals surface area contributed by atoms with Crippen LogP contribution >= 0.6 is 0 Å². The third-order valence-electron chi connectivity index (χ3n) is 4.76. The molecule has 0 bridgehead atoms. The summed E-state index contributed by atoms with van der Waals surface area (Å²) in [6.07, 6.45) is 7.91. The van der Waals surface area contributed by atoms with Crippen molar-refractivity contribution < 1.29 is 0 Å². The molecule has 0 amide bonds. The first kappa shape index (κ1) is 15.5. The number of aryl methyl sites for hydroxylation is 1. The van der Waals surface area contributed by atoms with Crippen molar-refractivity contribution in [2.24, 2.45) is 0 Å². The van der Waals surface area contributed by atoms with Crippen LogP contribution in [-0.2, 0) is 13.1 Å². The van der Waals surface area contributed by atoms with Gasteiger partial charge in [0.15, 0.2) is 0 Å². The van der Waals surface area contributed by atoms with Crippen LogP contribution in [0.5, 0.6) is 0 Å². The summed E-state index contributed by atoms with van der Waals surface area (Å²) in [4.78, 5) is 2.65. The van der Waals surface area contributed by atoms with Crippen LogP contribution in [0.1, 0.15) is 52.5 Å². The Bertz CT molecular complexity index is 414. The molecule has 1 aromatic heterocycles. The molecule has 2 atom stereocenters. The molecule has 0 saturated carbocycles. The van der Waals surface area contributed by atoms with Crippen LogP contribution in [-0.4, -0.2) is 39.4 Å². The Labute approximate surface area is 123 Å². The van der Waals surface area contributed by atoms with Gasteiger partial charge < -0.3 is 5.32 Å². The van der Waals surface area contributed by atoms with E-state index in [0.717, 1.165) is 26.2 Å². The smallest absolute Gasteiger partial charge is 0.0534 e. The summed E-state index contributed by atoms with van der Waals surface area (Å²) in [6, 6.07) is 0.640. The number of aromatic nitrogens is 2. The Kier molecular flexibility index (Phi) is 5.22. The molecule has 114 valence electrons. The van der Waals surface area contributed by atoms with Crippen molar-refractivity contribution in [2.45, 2.75) is 71.6 Å². The Balaban J connectivity index is 2.06. The maximum atomic E-state index is 4.40. The van der Waals surface area contributed by atoms with Gasteiger partial charge >= 0.3 is 0 Å². The summed E-state index contributed by atoms with van der Waals surface area (Å²) < 4.78 is 2.02. The highest BCUT2D eigenvalue weighted by Gasteiger charge is 2.35. The first-order chi connectivity index (χ1) is 9.61. The summed E-state index contributed by atoms with van der Waals surface area (Å²) in [5.41, 5.74) is 1.60. The van der Waals surface area contributed by atoms with Crippen molar-refractivity contribution in [3.8, 4) is 0 Å². The van der Waals surface area contributed by atoms with Crippen molar-refractivity contribution >= 4 is 0 Å². The quantitative estimate of drug-likeness (QED) is 0.868. The monoisotopic (exact) mass is 278 g/mol. The van der Waals surface area contributed by atoms with Crippen molar-refractivity contribution in [1.82, 2.24) is 20.0 Å². The maximum absolute atomic E-state index is 4.40. The predicted octanol–water partition coefficient (Wildman–Crippen LogP) is 2.65. The summed E-state index contributed by atoms with van der Waals surface area (Å²) >= 11 is 0. The topological polar surface area (TPSA) is 33.1 Å². The molecule has 2 unspecified atom stereocenters. The molecule has 0 aliphatic carbocycles. The molecule has 1 N–H and O–H groups in total. The van der Waals surface area contributed by atoms with Gasteiger partial charge in [-0.1, -0.05) is 20.3 Å². The first-order valence-corrected chi connectivity index (χ1v) is 8.11. The van der Waals surface area contributed by atoms with Gasteiger partial charge in [0.1, 0.15) is 0 Å². The van der Waals surface area contributed by atoms with E-state index >= 15 is 0 Å². The fraction of sp³-hybridized carbons (Fsp3) is 0.812. The molecule has 2 heterocycles. The molecule has 20 heavy (non-hydrogen) atoms. The second-order valence-electron chi connectivity index (χ2n) is 6.30. The summed E-state index contributed by atoms with van der Waals surface area (Å²) in [7, 11) is 0. The van der Waals surface area contributed by atoms with Gasteiger partial charge in [0, 0.05) is 49.5 Å². The van der Waals surface area contributed by atoms with Gasteiger partial charge in [0.25, 0.3) is 0 Å². The van der Waals surface area contributed by atoms with E-state index in [4.69, 9.17) is 0 Å². The van der Waals surface area contributed by atoms with Gasteiger partial charge in [-0.15, -0.1) is 0 Å². The molecule has 0 aromatic carbocycles. The molecule has 1 fully saturated rings. The van der Waals surface area contributed by atoms with E-state index in [1.807, 2.05) is 10.9 Å². The van der Waals surface area contributed by atoms with Gasteiger partial charge in [-0.2, -0.15) is 5.10 Å². The van der Waals surface area contributed by atoms with Crippen molar-refractivity contribution in [3.63, 3.8) is 0 Å². The van der Waals surface area contributed by atoms with E-state index in [-0.39, 0.29) is 5.54 Å². The van der Waals surface area contributed by atoms with Crippen LogP contribution in [0, 0.1) is 0 Å². The molecule has 1 saturated heterocycles. The zero-order valence-corrected chi connectivity index (χ0v) is 13.5. The second-order valence-corrected chi connectivity index (χ2v) is 6.30. The zero-order valence-electron chi connectivity index (χ0n) is 13.5. The van der Waals surface area contributed by atoms with Crippen molar-refractivity contribution in [3.05, 3.63) is 18.0 Å². The van der Waals surface area contributed by atoms with E-state index in [1.165, 1.54) is 24.8 Å². The van der Waals surface area contributed by atoms with Crippen LogP contribution in [0.25, 0.3) is 0 Å². The first-order valence-electron chi connectivity index (χ1n) is 8.11. The molecule has 0 spiro atoms. The number of hydrogen-bond donors (Lipinski definition) is 1. The number of nitrogens with one attached hydrogen (secondary N) is 1. The fourth-order valence-electron chi connectivity index (χ4n) is 3.05. The fourth-order valence-corrected chi connectivity index (χ4v) is 3.05. The lowest BCUT2D eigenvalue weighted by molar-refractivity contribution is 0.0396. The lowest BCUT2D eigenvalue weighted by Crippen LogP contribution is -2.62. The molecular formula is C16H30N4. The highest BCUT2D eigenvalue weighted by Crippen LogP contribution is 2.26. The number of rotatable bonds is 6. The Hall–Kier alpha value is -0.870. The van der Waals surface area contributed by atoms with E-state index in [1.54, 1.807) is 0 Å². The Morgan fingerprint density at radius 2 is 2.20 bits per heavy atom. The van der Waals surface area contributed by atoms with Gasteiger partial charge in [0.2, 0.25) is 0 Å². The molecule has 4 heteroatoms. The summed E-state index contributed by atoms with van der Waals surface area (Å²) in [5.74, 6) is 0. The summed E-state index contributed by atoms with van der Waals surface area (Å²) in [6.45, 7) is 13.3. The maximum Gasteiger partial charge on any atom is 0.0534 e. The highest BCUT2D eigenvalue weighted by molar-refractivity contribution is 5.07. The van der Waals surface area contributed by atoms with Gasteiger partial charge in [0.05, 0.1) is 6.20 Å². The lowest BCUT2D eigenvalue weighted by atomic mass is 9.91. The number of piperazine rings is 1. The molecule has 2 rings (SSSR count). The van der Waals surface area contributed by atoms with Crippen LogP contribution in [0.2, 0.25) is 0 Å². The molecule has 1 aliphatic rings. The van der Waals surface area contributed by atoms with Crippen LogP contribution in [0.15, 0.2) is 12.4 Å². The lowest BCUT2D eigenvalue weighted by Gasteiger charge is -2.48. The minimum absolute atomic E-state index is 0.262. The minimum atomic E-state index is 0.262. The van der Waals surface area contributed by atoms with Gasteiger partial charge in [-0.25, -0.2) is 0 Å². The third-order valence-corrected chi connectivity index (χ3v) is 4.76. The SMILES string of the molecule is CCCC1CN(Cc2cnn(CC)c2)C(C)(CC)CN1. The summed E-state index contributed by atoms with van der Waals surface area (Å²) in [5, 5.41) is 8.13. The van der Waals surface area contributed by atoms with E-state index in [0.29, 0.717) is 6.04 Å². The van der Waals surface area contributed by atoms with Gasteiger partial charge in [-0.05, 0) is 26.7 Å². The average Bonchev–Trinajstić information content (AvgIpc) is 2.91. The van der Waals surface area contributed by atoms with E-state index in [2.05, 4.69) is 49.2 Å². The highest BCUT2D eigenvalue weighted by atomic mass is 15.3. The van der Waals surface area contributed by atoms with Crippen molar-refractivity contribution in [2.75, 3.05) is 13.1 Å². The predicted molar refractivity (Wildman–Crippen MR) is 83.7 cm³/mol. The average molecular weight is 278 g/mol. The molecule has 4 nitrogen and oxygen atoms in total. The Morgan fingerprint density at radius 1 is 1.40 bits per heavy atom. The Morgan fingerprint density at radius 3 is 2.80 bits per heavy atom. The third kappa shape index (κ3) is 3.41. The van der Waals surface area contributed by atoms with Crippen LogP contribution in [0.4, 0.5) is 0 Å². The van der Waals surface area contributed by atoms with E-state index < -0.39 is 0 Å². The van der Waals surface area contributed by atoms with Gasteiger partial charge in [-0.3, -0.25) is 9.58 Å². The number of nitrogens with zero attached hydrogens (tertiary/aromatic N) is 3. The molecular weight excluding hydrogens is 248 g/mol. The normalized spacial score (nSPS) is 27.9. The largest absolute Gasteiger partial charge is 0.311 e. The second kappa shape index (κ2) is 6.72. The zero-order chi connectivity index (χ0) is 14.6. The van der Waals surface area contributed by atoms with E-state index in [9.17, 15) is 0 Å². The van der Waals surface area contributed by atoms with Crippen LogP contribution in [0.3, 0.4) is 0 Å². The molecule has 1 aromatic rings. The van der Waals surface area contributed by atoms with Crippen molar-refractivity contribution in [1.29, 1.82) is 0 Å². The number of hydrogen-bond acceptors (Lipinski definition) is 3. The molecule has 1 aliphatic heterocycles. The standard InChI is InChI=1S/C16H30N4/c1-5-8-15-12-19(16(4,6-2)13-17-15)10-14-9-18-20(7-3)11-14/h9,11,15,17H,5-8,10,12-13H2,1-4H3. The minimum Gasteiger partial charge on any atom is -0.311 e. The molecule has 0 radical (unpaired) electrons.